The molecule has 0 aliphatic carbocycles. The molecule has 2 nitrogen and oxygen atoms in total. The molecule has 2 aromatic rings. The first-order chi connectivity index (χ1) is 9.24. The minimum Gasteiger partial charge on any atom is -0.493 e. The third kappa shape index (κ3) is 3.88. The van der Waals surface area contributed by atoms with Crippen molar-refractivity contribution >= 4 is 38.9 Å². The lowest BCUT2D eigenvalue weighted by Crippen LogP contribution is -2.02. The Labute approximate surface area is 130 Å². The van der Waals surface area contributed by atoms with E-state index in [1.54, 1.807) is 18.4 Å². The van der Waals surface area contributed by atoms with Crippen molar-refractivity contribution in [3.63, 3.8) is 0 Å². The minimum atomic E-state index is 0.583. The maximum Gasteiger partial charge on any atom is 0.179 e. The summed E-state index contributed by atoms with van der Waals surface area (Å²) in [5, 5.41) is 3.38. The zero-order chi connectivity index (χ0) is 13.7. The van der Waals surface area contributed by atoms with Gasteiger partial charge >= 0.3 is 0 Å². The molecule has 0 bridgehead atoms. The maximum absolute atomic E-state index is 6.23. The summed E-state index contributed by atoms with van der Waals surface area (Å²) in [5.41, 5.74) is 1.06. The maximum atomic E-state index is 6.23. The standard InChI is InChI=1S/C14H14BrClO2S/c1-17-13-8-10(9-15)7-12(16)14(13)18-5-4-11-3-2-6-19-11/h2-3,6-8H,4-5,9H2,1H3. The molecule has 2 rings (SSSR count). The Morgan fingerprint density at radius 2 is 2.21 bits per heavy atom. The summed E-state index contributed by atoms with van der Waals surface area (Å²) in [5.74, 6) is 1.29. The van der Waals surface area contributed by atoms with Gasteiger partial charge in [0.05, 0.1) is 18.7 Å². The summed E-state index contributed by atoms with van der Waals surface area (Å²) in [4.78, 5) is 1.30. The van der Waals surface area contributed by atoms with Gasteiger partial charge < -0.3 is 9.47 Å². The van der Waals surface area contributed by atoms with Crippen molar-refractivity contribution < 1.29 is 9.47 Å². The predicted molar refractivity (Wildman–Crippen MR) is 84.2 cm³/mol. The Morgan fingerprint density at radius 3 is 2.84 bits per heavy atom. The van der Waals surface area contributed by atoms with E-state index in [2.05, 4.69) is 27.4 Å². The van der Waals surface area contributed by atoms with Crippen LogP contribution in [0, 0.1) is 0 Å². The molecule has 0 aliphatic heterocycles. The van der Waals surface area contributed by atoms with Crippen LogP contribution in [0.3, 0.4) is 0 Å². The monoisotopic (exact) mass is 360 g/mol. The molecule has 1 heterocycles. The third-order valence-corrected chi connectivity index (χ3v) is 4.48. The van der Waals surface area contributed by atoms with Gasteiger partial charge in [0, 0.05) is 16.6 Å². The van der Waals surface area contributed by atoms with E-state index < -0.39 is 0 Å². The van der Waals surface area contributed by atoms with Gasteiger partial charge in [-0.25, -0.2) is 0 Å². The zero-order valence-electron chi connectivity index (χ0n) is 10.5. The number of hydrogen-bond acceptors (Lipinski definition) is 3. The molecular formula is C14H14BrClO2S. The fourth-order valence-corrected chi connectivity index (χ4v) is 3.00. The van der Waals surface area contributed by atoms with Crippen LogP contribution in [0.15, 0.2) is 29.6 Å². The Balaban J connectivity index is 2.06. The lowest BCUT2D eigenvalue weighted by molar-refractivity contribution is 0.298. The molecule has 19 heavy (non-hydrogen) atoms. The molecule has 102 valence electrons. The van der Waals surface area contributed by atoms with Crippen LogP contribution in [0.2, 0.25) is 5.02 Å². The van der Waals surface area contributed by atoms with E-state index in [4.69, 9.17) is 21.1 Å². The number of ether oxygens (including phenoxy) is 2. The normalized spacial score (nSPS) is 10.5. The third-order valence-electron chi connectivity index (χ3n) is 2.62. The summed E-state index contributed by atoms with van der Waals surface area (Å²) in [7, 11) is 1.62. The van der Waals surface area contributed by atoms with Crippen molar-refractivity contribution in [2.24, 2.45) is 0 Å². The van der Waals surface area contributed by atoms with Crippen LogP contribution in [0.4, 0.5) is 0 Å². The van der Waals surface area contributed by atoms with Gasteiger partial charge in [-0.3, -0.25) is 0 Å². The Hall–Kier alpha value is -0.710. The van der Waals surface area contributed by atoms with Gasteiger partial charge in [-0.2, -0.15) is 0 Å². The van der Waals surface area contributed by atoms with Crippen molar-refractivity contribution in [1.29, 1.82) is 0 Å². The Morgan fingerprint density at radius 1 is 1.37 bits per heavy atom. The molecule has 0 amide bonds. The molecule has 0 spiro atoms. The van der Waals surface area contributed by atoms with Gasteiger partial charge in [0.2, 0.25) is 0 Å². The number of rotatable bonds is 6. The average molecular weight is 362 g/mol. The number of halogens is 2. The van der Waals surface area contributed by atoms with Crippen molar-refractivity contribution in [3.05, 3.63) is 45.1 Å². The molecule has 0 N–H and O–H groups in total. The van der Waals surface area contributed by atoms with Gasteiger partial charge in [-0.15, -0.1) is 11.3 Å². The molecule has 0 aliphatic rings. The van der Waals surface area contributed by atoms with Crippen molar-refractivity contribution in [2.45, 2.75) is 11.8 Å². The van der Waals surface area contributed by atoms with Crippen LogP contribution in [-0.2, 0) is 11.8 Å². The van der Waals surface area contributed by atoms with E-state index in [0.717, 1.165) is 17.3 Å². The van der Waals surface area contributed by atoms with Gasteiger partial charge in [0.1, 0.15) is 0 Å². The van der Waals surface area contributed by atoms with E-state index in [-0.39, 0.29) is 0 Å². The Kier molecular flexibility index (Phi) is 5.55. The van der Waals surface area contributed by atoms with Crippen LogP contribution < -0.4 is 9.47 Å². The number of methoxy groups -OCH3 is 1. The van der Waals surface area contributed by atoms with Crippen LogP contribution in [-0.4, -0.2) is 13.7 Å². The lowest BCUT2D eigenvalue weighted by Gasteiger charge is -2.13. The van der Waals surface area contributed by atoms with E-state index in [1.807, 2.05) is 18.2 Å². The molecule has 5 heteroatoms. The molecule has 0 atom stereocenters. The van der Waals surface area contributed by atoms with Crippen molar-refractivity contribution in [2.75, 3.05) is 13.7 Å². The summed E-state index contributed by atoms with van der Waals surface area (Å²) in [6.07, 6.45) is 0.872. The first-order valence-electron chi connectivity index (χ1n) is 5.82. The van der Waals surface area contributed by atoms with E-state index >= 15 is 0 Å². The number of thiophene rings is 1. The second-order valence-corrected chi connectivity index (χ2v) is 5.92. The SMILES string of the molecule is COc1cc(CBr)cc(Cl)c1OCCc1cccs1. The van der Waals surface area contributed by atoms with E-state index in [1.165, 1.54) is 4.88 Å². The molecule has 0 radical (unpaired) electrons. The van der Waals surface area contributed by atoms with Gasteiger partial charge in [-0.05, 0) is 29.1 Å². The lowest BCUT2D eigenvalue weighted by atomic mass is 10.2. The number of hydrogen-bond donors (Lipinski definition) is 0. The van der Waals surface area contributed by atoms with Gasteiger partial charge in [0.25, 0.3) is 0 Å². The van der Waals surface area contributed by atoms with Crippen molar-refractivity contribution in [1.82, 2.24) is 0 Å². The highest BCUT2D eigenvalue weighted by Crippen LogP contribution is 2.37. The molecule has 0 unspecified atom stereocenters. The second kappa shape index (κ2) is 7.17. The first kappa shape index (κ1) is 14.7. The van der Waals surface area contributed by atoms with Crippen LogP contribution >= 0.6 is 38.9 Å². The molecule has 0 saturated heterocycles. The highest BCUT2D eigenvalue weighted by atomic mass is 79.9. The van der Waals surface area contributed by atoms with E-state index in [9.17, 15) is 0 Å². The zero-order valence-corrected chi connectivity index (χ0v) is 13.6. The molecule has 0 saturated carbocycles. The quantitative estimate of drug-likeness (QED) is 0.679. The summed E-state index contributed by atoms with van der Waals surface area (Å²) in [6, 6.07) is 7.96. The number of benzene rings is 1. The molecule has 1 aromatic carbocycles. The Bertz CT molecular complexity index is 528. The second-order valence-electron chi connectivity index (χ2n) is 3.92. The average Bonchev–Trinajstić information content (AvgIpc) is 2.93. The summed E-state index contributed by atoms with van der Waals surface area (Å²) >= 11 is 11.4. The van der Waals surface area contributed by atoms with Gasteiger partial charge in [0.15, 0.2) is 11.5 Å². The smallest absolute Gasteiger partial charge is 0.179 e. The highest BCUT2D eigenvalue weighted by Gasteiger charge is 2.11. The summed E-state index contributed by atoms with van der Waals surface area (Å²) in [6.45, 7) is 0.588. The fraction of sp³-hybridized carbons (Fsp3) is 0.286. The predicted octanol–water partition coefficient (Wildman–Crippen LogP) is 4.93. The fourth-order valence-electron chi connectivity index (χ4n) is 1.70. The molecule has 0 fully saturated rings. The van der Waals surface area contributed by atoms with E-state index in [0.29, 0.717) is 23.1 Å². The molecular weight excluding hydrogens is 348 g/mol. The largest absolute Gasteiger partial charge is 0.493 e. The summed E-state index contributed by atoms with van der Waals surface area (Å²) < 4.78 is 11.1. The minimum absolute atomic E-state index is 0.583. The number of alkyl halides is 1. The molecule has 1 aromatic heterocycles. The topological polar surface area (TPSA) is 18.5 Å². The van der Waals surface area contributed by atoms with Gasteiger partial charge in [-0.1, -0.05) is 33.6 Å². The van der Waals surface area contributed by atoms with Crippen LogP contribution in [0.1, 0.15) is 10.4 Å². The van der Waals surface area contributed by atoms with Crippen LogP contribution in [0.5, 0.6) is 11.5 Å². The van der Waals surface area contributed by atoms with Crippen LogP contribution in [0.25, 0.3) is 0 Å². The van der Waals surface area contributed by atoms with Crippen molar-refractivity contribution in [3.8, 4) is 11.5 Å². The highest BCUT2D eigenvalue weighted by molar-refractivity contribution is 9.08. The first-order valence-corrected chi connectivity index (χ1v) is 8.20.